The van der Waals surface area contributed by atoms with Gasteiger partial charge in [0.1, 0.15) is 12.4 Å². The van der Waals surface area contributed by atoms with Crippen molar-refractivity contribution < 1.29 is 9.15 Å². The SMILES string of the molecule is CCCNCc1ccccc1COCc1ccco1. The first-order valence-electron chi connectivity index (χ1n) is 6.77. The topological polar surface area (TPSA) is 34.4 Å². The molecule has 3 heteroatoms. The van der Waals surface area contributed by atoms with Crippen LogP contribution in [0.5, 0.6) is 0 Å². The van der Waals surface area contributed by atoms with Crippen molar-refractivity contribution in [2.45, 2.75) is 33.1 Å². The lowest BCUT2D eigenvalue weighted by atomic mass is 10.1. The van der Waals surface area contributed by atoms with Gasteiger partial charge in [-0.1, -0.05) is 31.2 Å². The van der Waals surface area contributed by atoms with E-state index in [-0.39, 0.29) is 0 Å². The Balaban J connectivity index is 1.84. The second kappa shape index (κ2) is 7.77. The van der Waals surface area contributed by atoms with Crippen LogP contribution in [-0.4, -0.2) is 6.54 Å². The molecule has 2 aromatic rings. The highest BCUT2D eigenvalue weighted by Crippen LogP contribution is 2.11. The quantitative estimate of drug-likeness (QED) is 0.737. The van der Waals surface area contributed by atoms with E-state index in [2.05, 4.69) is 36.5 Å². The third kappa shape index (κ3) is 4.54. The first kappa shape index (κ1) is 13.8. The van der Waals surface area contributed by atoms with E-state index < -0.39 is 0 Å². The predicted molar refractivity (Wildman–Crippen MR) is 75.6 cm³/mol. The Kier molecular flexibility index (Phi) is 5.66. The zero-order valence-corrected chi connectivity index (χ0v) is 11.4. The minimum absolute atomic E-state index is 0.518. The summed E-state index contributed by atoms with van der Waals surface area (Å²) in [6.45, 7) is 5.25. The maximum Gasteiger partial charge on any atom is 0.129 e. The molecule has 3 nitrogen and oxygen atoms in total. The van der Waals surface area contributed by atoms with Crippen molar-refractivity contribution in [3.8, 4) is 0 Å². The highest BCUT2D eigenvalue weighted by molar-refractivity contribution is 5.26. The summed E-state index contributed by atoms with van der Waals surface area (Å²) in [5.74, 6) is 0.863. The van der Waals surface area contributed by atoms with E-state index in [1.165, 1.54) is 11.1 Å². The molecule has 0 saturated heterocycles. The molecule has 0 bridgehead atoms. The molecule has 1 heterocycles. The monoisotopic (exact) mass is 259 g/mol. The molecule has 1 aromatic carbocycles. The van der Waals surface area contributed by atoms with Crippen LogP contribution in [-0.2, 0) is 24.5 Å². The van der Waals surface area contributed by atoms with Gasteiger partial charge in [0.05, 0.1) is 12.9 Å². The van der Waals surface area contributed by atoms with Gasteiger partial charge in [-0.3, -0.25) is 0 Å². The van der Waals surface area contributed by atoms with Crippen molar-refractivity contribution in [3.05, 3.63) is 59.5 Å². The predicted octanol–water partition coefficient (Wildman–Crippen LogP) is 3.50. The smallest absolute Gasteiger partial charge is 0.129 e. The molecular weight excluding hydrogens is 238 g/mol. The molecule has 1 N–H and O–H groups in total. The maximum atomic E-state index is 5.69. The van der Waals surface area contributed by atoms with Crippen LogP contribution in [0.25, 0.3) is 0 Å². The van der Waals surface area contributed by atoms with Crippen LogP contribution in [0, 0.1) is 0 Å². The van der Waals surface area contributed by atoms with Gasteiger partial charge < -0.3 is 14.5 Å². The first-order valence-corrected chi connectivity index (χ1v) is 6.77. The van der Waals surface area contributed by atoms with E-state index >= 15 is 0 Å². The van der Waals surface area contributed by atoms with Gasteiger partial charge in [-0.15, -0.1) is 0 Å². The number of nitrogens with one attached hydrogen (secondary N) is 1. The molecule has 0 aliphatic heterocycles. The van der Waals surface area contributed by atoms with Crippen LogP contribution < -0.4 is 5.32 Å². The molecule has 0 radical (unpaired) electrons. The first-order chi connectivity index (χ1) is 9.40. The van der Waals surface area contributed by atoms with Crippen LogP contribution in [0.1, 0.15) is 30.2 Å². The molecule has 0 spiro atoms. The van der Waals surface area contributed by atoms with Crippen molar-refractivity contribution in [2.75, 3.05) is 6.54 Å². The molecule has 1 aromatic heterocycles. The summed E-state index contributed by atoms with van der Waals surface area (Å²) in [7, 11) is 0. The van der Waals surface area contributed by atoms with E-state index in [4.69, 9.17) is 9.15 Å². The maximum absolute atomic E-state index is 5.69. The molecule has 0 saturated carbocycles. The second-order valence-corrected chi connectivity index (χ2v) is 4.52. The van der Waals surface area contributed by atoms with Gasteiger partial charge in [0.25, 0.3) is 0 Å². The molecule has 19 heavy (non-hydrogen) atoms. The van der Waals surface area contributed by atoms with Crippen molar-refractivity contribution >= 4 is 0 Å². The highest BCUT2D eigenvalue weighted by atomic mass is 16.5. The zero-order valence-electron chi connectivity index (χ0n) is 11.4. The van der Waals surface area contributed by atoms with Gasteiger partial charge in [-0.05, 0) is 36.2 Å². The third-order valence-corrected chi connectivity index (χ3v) is 2.94. The van der Waals surface area contributed by atoms with Gasteiger partial charge in [0, 0.05) is 6.54 Å². The lowest BCUT2D eigenvalue weighted by Gasteiger charge is -2.10. The number of hydrogen-bond donors (Lipinski definition) is 1. The molecule has 0 atom stereocenters. The Morgan fingerprint density at radius 3 is 2.63 bits per heavy atom. The molecule has 0 amide bonds. The summed E-state index contributed by atoms with van der Waals surface area (Å²) in [5.41, 5.74) is 2.54. The summed E-state index contributed by atoms with van der Waals surface area (Å²) in [6, 6.07) is 12.2. The van der Waals surface area contributed by atoms with Gasteiger partial charge in [0.15, 0.2) is 0 Å². The van der Waals surface area contributed by atoms with Crippen molar-refractivity contribution in [1.29, 1.82) is 0 Å². The number of rotatable bonds is 8. The van der Waals surface area contributed by atoms with Crippen LogP contribution in [0.4, 0.5) is 0 Å². The van der Waals surface area contributed by atoms with E-state index in [1.54, 1.807) is 6.26 Å². The van der Waals surface area contributed by atoms with Crippen LogP contribution in [0.3, 0.4) is 0 Å². The summed E-state index contributed by atoms with van der Waals surface area (Å²) in [6.07, 6.45) is 2.82. The van der Waals surface area contributed by atoms with E-state index in [1.807, 2.05) is 12.1 Å². The van der Waals surface area contributed by atoms with Crippen LogP contribution in [0.2, 0.25) is 0 Å². The lowest BCUT2D eigenvalue weighted by molar-refractivity contribution is 0.0924. The lowest BCUT2D eigenvalue weighted by Crippen LogP contribution is -2.15. The minimum Gasteiger partial charge on any atom is -0.467 e. The van der Waals surface area contributed by atoms with Crippen molar-refractivity contribution in [1.82, 2.24) is 5.32 Å². The fourth-order valence-corrected chi connectivity index (χ4v) is 1.93. The largest absolute Gasteiger partial charge is 0.467 e. The zero-order chi connectivity index (χ0) is 13.3. The standard InChI is InChI=1S/C16H21NO2/c1-2-9-17-11-14-6-3-4-7-15(14)12-18-13-16-8-5-10-19-16/h3-8,10,17H,2,9,11-13H2,1H3. The van der Waals surface area contributed by atoms with E-state index in [9.17, 15) is 0 Å². The Hall–Kier alpha value is -1.58. The summed E-state index contributed by atoms with van der Waals surface area (Å²) < 4.78 is 10.9. The molecular formula is C16H21NO2. The van der Waals surface area contributed by atoms with Crippen LogP contribution in [0.15, 0.2) is 47.1 Å². The summed E-state index contributed by atoms with van der Waals surface area (Å²) in [5, 5.41) is 3.42. The van der Waals surface area contributed by atoms with Crippen molar-refractivity contribution in [2.24, 2.45) is 0 Å². The van der Waals surface area contributed by atoms with E-state index in [0.717, 1.165) is 25.3 Å². The molecule has 2 rings (SSSR count). The Morgan fingerprint density at radius 1 is 1.05 bits per heavy atom. The Morgan fingerprint density at radius 2 is 1.89 bits per heavy atom. The van der Waals surface area contributed by atoms with E-state index in [0.29, 0.717) is 13.2 Å². The highest BCUT2D eigenvalue weighted by Gasteiger charge is 2.02. The second-order valence-electron chi connectivity index (χ2n) is 4.52. The Bertz CT molecular complexity index is 465. The Labute approximate surface area is 114 Å². The van der Waals surface area contributed by atoms with Crippen molar-refractivity contribution in [3.63, 3.8) is 0 Å². The molecule has 0 fully saturated rings. The fourth-order valence-electron chi connectivity index (χ4n) is 1.93. The number of hydrogen-bond acceptors (Lipinski definition) is 3. The van der Waals surface area contributed by atoms with Gasteiger partial charge in [-0.25, -0.2) is 0 Å². The summed E-state index contributed by atoms with van der Waals surface area (Å²) >= 11 is 0. The molecule has 102 valence electrons. The van der Waals surface area contributed by atoms with Gasteiger partial charge >= 0.3 is 0 Å². The van der Waals surface area contributed by atoms with Gasteiger partial charge in [0.2, 0.25) is 0 Å². The molecule has 0 aliphatic carbocycles. The molecule has 0 unspecified atom stereocenters. The third-order valence-electron chi connectivity index (χ3n) is 2.94. The number of ether oxygens (including phenoxy) is 1. The molecule has 0 aliphatic rings. The van der Waals surface area contributed by atoms with Gasteiger partial charge in [-0.2, -0.15) is 0 Å². The summed E-state index contributed by atoms with van der Waals surface area (Å²) in [4.78, 5) is 0. The fraction of sp³-hybridized carbons (Fsp3) is 0.375. The average molecular weight is 259 g/mol. The van der Waals surface area contributed by atoms with Crippen LogP contribution >= 0.6 is 0 Å². The normalized spacial score (nSPS) is 10.8. The number of furan rings is 1. The minimum atomic E-state index is 0.518. The number of benzene rings is 1. The average Bonchev–Trinajstić information content (AvgIpc) is 2.94.